The van der Waals surface area contributed by atoms with E-state index in [4.69, 9.17) is 5.73 Å². The molecule has 0 aliphatic rings. The molecule has 3 nitrogen and oxygen atoms in total. The lowest BCUT2D eigenvalue weighted by Gasteiger charge is -2.18. The summed E-state index contributed by atoms with van der Waals surface area (Å²) in [5.74, 6) is 0. The Kier molecular flexibility index (Phi) is 3.94. The summed E-state index contributed by atoms with van der Waals surface area (Å²) in [7, 11) is 0. The molecule has 0 spiro atoms. The van der Waals surface area contributed by atoms with Gasteiger partial charge in [-0.2, -0.15) is 0 Å². The van der Waals surface area contributed by atoms with Gasteiger partial charge in [-0.05, 0) is 32.4 Å². The van der Waals surface area contributed by atoms with Crippen LogP contribution in [0.2, 0.25) is 0 Å². The largest absolute Gasteiger partial charge is 0.331 e. The van der Waals surface area contributed by atoms with Crippen molar-refractivity contribution in [2.24, 2.45) is 5.73 Å². The molecule has 0 unspecified atom stereocenters. The first-order valence-electron chi connectivity index (χ1n) is 5.25. The van der Waals surface area contributed by atoms with Crippen molar-refractivity contribution in [1.82, 2.24) is 9.55 Å². The van der Waals surface area contributed by atoms with Crippen molar-refractivity contribution < 1.29 is 0 Å². The zero-order valence-corrected chi connectivity index (χ0v) is 10.5. The van der Waals surface area contributed by atoms with E-state index < -0.39 is 0 Å². The van der Waals surface area contributed by atoms with Crippen molar-refractivity contribution in [3.05, 3.63) is 30.6 Å². The Morgan fingerprint density at radius 3 is 2.69 bits per heavy atom. The van der Waals surface area contributed by atoms with E-state index in [2.05, 4.69) is 15.6 Å². The molecule has 0 bridgehead atoms. The predicted molar refractivity (Wildman–Crippen MR) is 69.9 cm³/mol. The van der Waals surface area contributed by atoms with Crippen molar-refractivity contribution in [1.29, 1.82) is 0 Å². The van der Waals surface area contributed by atoms with Gasteiger partial charge in [-0.25, -0.2) is 4.98 Å². The number of halogens is 1. The van der Waals surface area contributed by atoms with Crippen LogP contribution in [0.4, 0.5) is 0 Å². The molecule has 1 aromatic carbocycles. The molecule has 16 heavy (non-hydrogen) atoms. The van der Waals surface area contributed by atoms with Gasteiger partial charge in [0.05, 0.1) is 17.4 Å². The fourth-order valence-corrected chi connectivity index (χ4v) is 1.60. The average Bonchev–Trinajstić information content (AvgIpc) is 2.57. The highest BCUT2D eigenvalue weighted by atomic mass is 35.5. The molecule has 0 saturated heterocycles. The second kappa shape index (κ2) is 4.85. The molecule has 0 aliphatic carbocycles. The Hall–Kier alpha value is -1.06. The van der Waals surface area contributed by atoms with Gasteiger partial charge >= 0.3 is 0 Å². The summed E-state index contributed by atoms with van der Waals surface area (Å²) in [5.41, 5.74) is 8.07. The second-order valence-electron chi connectivity index (χ2n) is 4.67. The van der Waals surface area contributed by atoms with Crippen LogP contribution in [-0.2, 0) is 6.54 Å². The molecule has 88 valence electrons. The van der Waals surface area contributed by atoms with Crippen LogP contribution in [0.25, 0.3) is 11.0 Å². The Morgan fingerprint density at radius 2 is 2.00 bits per heavy atom. The Bertz CT molecular complexity index is 456. The van der Waals surface area contributed by atoms with Crippen LogP contribution in [-0.4, -0.2) is 15.1 Å². The molecular formula is C12H18ClN3. The van der Waals surface area contributed by atoms with Gasteiger partial charge in [-0.1, -0.05) is 12.1 Å². The highest BCUT2D eigenvalue weighted by Gasteiger charge is 2.11. The first-order chi connectivity index (χ1) is 7.06. The fourth-order valence-electron chi connectivity index (χ4n) is 1.60. The van der Waals surface area contributed by atoms with Gasteiger partial charge < -0.3 is 10.3 Å². The molecule has 2 N–H and O–H groups in total. The number of aromatic nitrogens is 2. The van der Waals surface area contributed by atoms with Crippen LogP contribution < -0.4 is 5.73 Å². The number of hydrogen-bond donors (Lipinski definition) is 1. The minimum absolute atomic E-state index is 0. The van der Waals surface area contributed by atoms with Gasteiger partial charge in [-0.15, -0.1) is 12.4 Å². The quantitative estimate of drug-likeness (QED) is 0.895. The average molecular weight is 240 g/mol. The lowest BCUT2D eigenvalue weighted by Crippen LogP contribution is -2.33. The van der Waals surface area contributed by atoms with Crippen LogP contribution in [0.3, 0.4) is 0 Å². The van der Waals surface area contributed by atoms with E-state index in [1.165, 1.54) is 5.52 Å². The van der Waals surface area contributed by atoms with E-state index in [1.54, 1.807) is 0 Å². The molecule has 0 atom stereocenters. The number of para-hydroxylation sites is 2. The molecule has 1 heterocycles. The molecule has 4 heteroatoms. The topological polar surface area (TPSA) is 43.8 Å². The summed E-state index contributed by atoms with van der Waals surface area (Å²) in [5, 5.41) is 0. The molecule has 0 radical (unpaired) electrons. The molecule has 0 saturated carbocycles. The van der Waals surface area contributed by atoms with E-state index in [0.717, 1.165) is 18.5 Å². The summed E-state index contributed by atoms with van der Waals surface area (Å²) >= 11 is 0. The summed E-state index contributed by atoms with van der Waals surface area (Å²) in [4.78, 5) is 4.34. The standard InChI is InChI=1S/C12H17N3.ClH/c1-12(2,13)7-8-15-9-14-10-5-3-4-6-11(10)15;/h3-6,9H,7-8,13H2,1-2H3;1H. The number of benzene rings is 1. The molecule has 0 amide bonds. The fraction of sp³-hybridized carbons (Fsp3) is 0.417. The van der Waals surface area contributed by atoms with Gasteiger partial charge in [0.2, 0.25) is 0 Å². The number of imidazole rings is 1. The third-order valence-corrected chi connectivity index (χ3v) is 2.52. The molecular weight excluding hydrogens is 222 g/mol. The summed E-state index contributed by atoms with van der Waals surface area (Å²) in [6.45, 7) is 5.02. The highest BCUT2D eigenvalue weighted by Crippen LogP contribution is 2.14. The zero-order chi connectivity index (χ0) is 10.9. The number of aryl methyl sites for hydroxylation is 1. The molecule has 1 aromatic heterocycles. The molecule has 2 rings (SSSR count). The first kappa shape index (κ1) is 13.0. The highest BCUT2D eigenvalue weighted by molar-refractivity contribution is 5.85. The van der Waals surface area contributed by atoms with Crippen LogP contribution in [0.15, 0.2) is 30.6 Å². The molecule has 0 aliphatic heterocycles. The van der Waals surface area contributed by atoms with Gasteiger partial charge in [0.1, 0.15) is 0 Å². The summed E-state index contributed by atoms with van der Waals surface area (Å²) in [6, 6.07) is 8.16. The Balaban J connectivity index is 0.00000128. The number of rotatable bonds is 3. The maximum absolute atomic E-state index is 5.96. The number of nitrogens with zero attached hydrogens (tertiary/aromatic N) is 2. The van der Waals surface area contributed by atoms with Gasteiger partial charge in [0.25, 0.3) is 0 Å². The summed E-state index contributed by atoms with van der Waals surface area (Å²) < 4.78 is 2.16. The minimum Gasteiger partial charge on any atom is -0.331 e. The lowest BCUT2D eigenvalue weighted by molar-refractivity contribution is 0.440. The first-order valence-corrected chi connectivity index (χ1v) is 5.25. The number of fused-ring (bicyclic) bond motifs is 1. The maximum atomic E-state index is 5.96. The van der Waals surface area contributed by atoms with Crippen molar-refractivity contribution >= 4 is 23.4 Å². The summed E-state index contributed by atoms with van der Waals surface area (Å²) in [6.07, 6.45) is 2.84. The van der Waals surface area contributed by atoms with Crippen LogP contribution in [0, 0.1) is 0 Å². The zero-order valence-electron chi connectivity index (χ0n) is 9.68. The van der Waals surface area contributed by atoms with Crippen molar-refractivity contribution in [3.63, 3.8) is 0 Å². The number of nitrogens with two attached hydrogens (primary N) is 1. The smallest absolute Gasteiger partial charge is 0.0958 e. The maximum Gasteiger partial charge on any atom is 0.0958 e. The molecule has 2 aromatic rings. The van der Waals surface area contributed by atoms with Crippen LogP contribution >= 0.6 is 12.4 Å². The third kappa shape index (κ3) is 2.97. The predicted octanol–water partition coefficient (Wildman–Crippen LogP) is 2.59. The third-order valence-electron chi connectivity index (χ3n) is 2.52. The Labute approximate surface area is 102 Å². The van der Waals surface area contributed by atoms with Gasteiger partial charge in [0, 0.05) is 12.1 Å². The monoisotopic (exact) mass is 239 g/mol. The second-order valence-corrected chi connectivity index (χ2v) is 4.67. The van der Waals surface area contributed by atoms with Crippen molar-refractivity contribution in [2.75, 3.05) is 0 Å². The van der Waals surface area contributed by atoms with Gasteiger partial charge in [-0.3, -0.25) is 0 Å². The normalized spacial score (nSPS) is 11.4. The van der Waals surface area contributed by atoms with Crippen molar-refractivity contribution in [3.8, 4) is 0 Å². The van der Waals surface area contributed by atoms with E-state index in [-0.39, 0.29) is 17.9 Å². The molecule has 0 fully saturated rings. The van der Waals surface area contributed by atoms with E-state index in [1.807, 2.05) is 38.4 Å². The van der Waals surface area contributed by atoms with Crippen molar-refractivity contribution in [2.45, 2.75) is 32.4 Å². The van der Waals surface area contributed by atoms with E-state index in [0.29, 0.717) is 0 Å². The SMILES string of the molecule is CC(C)(N)CCn1cnc2ccccc21.Cl. The van der Waals surface area contributed by atoms with E-state index >= 15 is 0 Å². The van der Waals surface area contributed by atoms with Gasteiger partial charge in [0.15, 0.2) is 0 Å². The Morgan fingerprint density at radius 1 is 1.31 bits per heavy atom. The minimum atomic E-state index is -0.120. The number of hydrogen-bond acceptors (Lipinski definition) is 2. The van der Waals surface area contributed by atoms with Crippen LogP contribution in [0.1, 0.15) is 20.3 Å². The van der Waals surface area contributed by atoms with E-state index in [9.17, 15) is 0 Å². The lowest BCUT2D eigenvalue weighted by atomic mass is 10.0. The van der Waals surface area contributed by atoms with Crippen LogP contribution in [0.5, 0.6) is 0 Å².